The van der Waals surface area contributed by atoms with Crippen LogP contribution in [0.3, 0.4) is 0 Å². The van der Waals surface area contributed by atoms with Gasteiger partial charge in [-0.05, 0) is 5.56 Å². The molecule has 16 heavy (non-hydrogen) atoms. The summed E-state index contributed by atoms with van der Waals surface area (Å²) in [6.07, 6.45) is -0.558. The number of benzene rings is 1. The zero-order chi connectivity index (χ0) is 11.5. The van der Waals surface area contributed by atoms with Crippen LogP contribution in [0.25, 0.3) is 0 Å². The van der Waals surface area contributed by atoms with Gasteiger partial charge in [0, 0.05) is 7.05 Å². The van der Waals surface area contributed by atoms with Gasteiger partial charge < -0.3 is 10.2 Å². The topological polar surface area (TPSA) is 71.2 Å². The van der Waals surface area contributed by atoms with Gasteiger partial charge in [0.05, 0.1) is 11.9 Å². The highest BCUT2D eigenvalue weighted by Gasteiger charge is 2.22. The molecule has 2 unspecified atom stereocenters. The Hall–Kier alpha value is -1.72. The van der Waals surface area contributed by atoms with Crippen LogP contribution in [0.4, 0.5) is 0 Å². The fourth-order valence-corrected chi connectivity index (χ4v) is 1.56. The second kappa shape index (κ2) is 4.42. The SMILES string of the molecule is Cn1nncc1C(O)C(O)c1ccccc1. The standard InChI is InChI=1S/C11H13N3O2/c1-14-9(7-12-13-14)11(16)10(15)8-5-3-2-4-6-8/h2-7,10-11,15-16H,1H3. The Labute approximate surface area is 93.0 Å². The molecule has 0 saturated carbocycles. The molecule has 2 aromatic rings. The van der Waals surface area contributed by atoms with Gasteiger partial charge in [0.1, 0.15) is 12.2 Å². The molecule has 0 fully saturated rings. The van der Waals surface area contributed by atoms with E-state index in [0.717, 1.165) is 0 Å². The third kappa shape index (κ3) is 1.95. The summed E-state index contributed by atoms with van der Waals surface area (Å²) >= 11 is 0. The van der Waals surface area contributed by atoms with Crippen molar-refractivity contribution in [3.63, 3.8) is 0 Å². The quantitative estimate of drug-likeness (QED) is 0.792. The van der Waals surface area contributed by atoms with E-state index in [2.05, 4.69) is 10.3 Å². The molecule has 1 aromatic carbocycles. The van der Waals surface area contributed by atoms with Crippen molar-refractivity contribution in [3.05, 3.63) is 47.8 Å². The summed E-state index contributed by atoms with van der Waals surface area (Å²) in [5, 5.41) is 27.3. The van der Waals surface area contributed by atoms with Crippen LogP contribution < -0.4 is 0 Å². The molecule has 0 amide bonds. The molecule has 0 aliphatic heterocycles. The van der Waals surface area contributed by atoms with Gasteiger partial charge in [-0.25, -0.2) is 4.68 Å². The van der Waals surface area contributed by atoms with Crippen molar-refractivity contribution in [2.45, 2.75) is 12.2 Å². The molecule has 1 aromatic heterocycles. The van der Waals surface area contributed by atoms with E-state index in [9.17, 15) is 10.2 Å². The summed E-state index contributed by atoms with van der Waals surface area (Å²) in [6, 6.07) is 9.00. The molecule has 0 spiro atoms. The van der Waals surface area contributed by atoms with E-state index in [1.165, 1.54) is 10.9 Å². The zero-order valence-electron chi connectivity index (χ0n) is 8.85. The highest BCUT2D eigenvalue weighted by atomic mass is 16.3. The molecule has 2 N–H and O–H groups in total. The Kier molecular flexibility index (Phi) is 2.98. The maximum Gasteiger partial charge on any atom is 0.127 e. The summed E-state index contributed by atoms with van der Waals surface area (Å²) in [5.41, 5.74) is 1.15. The van der Waals surface area contributed by atoms with E-state index in [1.807, 2.05) is 18.2 Å². The number of aliphatic hydroxyl groups is 2. The fourth-order valence-electron chi connectivity index (χ4n) is 1.56. The molecule has 1 heterocycles. The van der Waals surface area contributed by atoms with Crippen molar-refractivity contribution in [1.29, 1.82) is 0 Å². The van der Waals surface area contributed by atoms with E-state index in [0.29, 0.717) is 11.3 Å². The maximum atomic E-state index is 9.97. The first-order valence-corrected chi connectivity index (χ1v) is 4.96. The summed E-state index contributed by atoms with van der Waals surface area (Å²) in [4.78, 5) is 0. The average Bonchev–Trinajstić information content (AvgIpc) is 2.75. The Morgan fingerprint density at radius 1 is 1.12 bits per heavy atom. The van der Waals surface area contributed by atoms with Crippen LogP contribution in [0.1, 0.15) is 23.5 Å². The molecule has 5 heteroatoms. The van der Waals surface area contributed by atoms with Crippen LogP contribution in [0.15, 0.2) is 36.5 Å². The molecule has 0 radical (unpaired) electrons. The Morgan fingerprint density at radius 2 is 1.81 bits per heavy atom. The number of aromatic nitrogens is 3. The van der Waals surface area contributed by atoms with Gasteiger partial charge in [-0.15, -0.1) is 5.10 Å². The number of rotatable bonds is 3. The summed E-state index contributed by atoms with van der Waals surface area (Å²) in [6.45, 7) is 0. The first-order chi connectivity index (χ1) is 7.70. The Morgan fingerprint density at radius 3 is 2.38 bits per heavy atom. The second-order valence-corrected chi connectivity index (χ2v) is 3.58. The minimum absolute atomic E-state index is 0.483. The molecule has 0 saturated heterocycles. The Bertz CT molecular complexity index is 455. The van der Waals surface area contributed by atoms with Gasteiger partial charge >= 0.3 is 0 Å². The van der Waals surface area contributed by atoms with E-state index in [4.69, 9.17) is 0 Å². The lowest BCUT2D eigenvalue weighted by Crippen LogP contribution is -2.13. The molecular formula is C11H13N3O2. The van der Waals surface area contributed by atoms with Crippen LogP contribution in [-0.2, 0) is 7.05 Å². The summed E-state index contributed by atoms with van der Waals surface area (Å²) in [7, 11) is 1.67. The van der Waals surface area contributed by atoms with Crippen molar-refractivity contribution in [2.24, 2.45) is 7.05 Å². The zero-order valence-corrected chi connectivity index (χ0v) is 8.85. The predicted octanol–water partition coefficient (Wildman–Crippen LogP) is 0.582. The molecule has 0 bridgehead atoms. The van der Waals surface area contributed by atoms with E-state index >= 15 is 0 Å². The normalized spacial score (nSPS) is 14.7. The lowest BCUT2D eigenvalue weighted by molar-refractivity contribution is 0.0123. The minimum Gasteiger partial charge on any atom is -0.385 e. The molecule has 5 nitrogen and oxygen atoms in total. The smallest absolute Gasteiger partial charge is 0.127 e. The van der Waals surface area contributed by atoms with Gasteiger partial charge in [-0.1, -0.05) is 35.5 Å². The van der Waals surface area contributed by atoms with Gasteiger partial charge in [-0.3, -0.25) is 0 Å². The maximum absolute atomic E-state index is 9.97. The fraction of sp³-hybridized carbons (Fsp3) is 0.273. The van der Waals surface area contributed by atoms with Crippen molar-refractivity contribution in [2.75, 3.05) is 0 Å². The highest BCUT2D eigenvalue weighted by molar-refractivity contribution is 5.20. The first-order valence-electron chi connectivity index (χ1n) is 4.96. The lowest BCUT2D eigenvalue weighted by Gasteiger charge is -2.17. The number of aliphatic hydroxyl groups excluding tert-OH is 2. The number of hydrogen-bond donors (Lipinski definition) is 2. The van der Waals surface area contributed by atoms with E-state index in [1.54, 1.807) is 19.2 Å². The molecule has 0 aliphatic rings. The van der Waals surface area contributed by atoms with Crippen molar-refractivity contribution >= 4 is 0 Å². The minimum atomic E-state index is -1.03. The van der Waals surface area contributed by atoms with Crippen molar-refractivity contribution in [1.82, 2.24) is 15.0 Å². The van der Waals surface area contributed by atoms with E-state index < -0.39 is 12.2 Å². The van der Waals surface area contributed by atoms with Crippen molar-refractivity contribution in [3.8, 4) is 0 Å². The second-order valence-electron chi connectivity index (χ2n) is 3.58. The highest BCUT2D eigenvalue weighted by Crippen LogP contribution is 2.27. The lowest BCUT2D eigenvalue weighted by atomic mass is 10.0. The summed E-state index contributed by atoms with van der Waals surface area (Å²) < 4.78 is 1.44. The molecule has 2 rings (SSSR count). The van der Waals surface area contributed by atoms with Gasteiger partial charge in [-0.2, -0.15) is 0 Å². The monoisotopic (exact) mass is 219 g/mol. The first kappa shape index (κ1) is 10.8. The van der Waals surface area contributed by atoms with Gasteiger partial charge in [0.15, 0.2) is 0 Å². The Balaban J connectivity index is 2.23. The van der Waals surface area contributed by atoms with Crippen LogP contribution >= 0.6 is 0 Å². The number of aryl methyl sites for hydroxylation is 1. The number of nitrogens with zero attached hydrogens (tertiary/aromatic N) is 3. The molecule has 0 aliphatic carbocycles. The van der Waals surface area contributed by atoms with Crippen LogP contribution in [0, 0.1) is 0 Å². The van der Waals surface area contributed by atoms with Gasteiger partial charge in [0.25, 0.3) is 0 Å². The molecule has 84 valence electrons. The summed E-state index contributed by atoms with van der Waals surface area (Å²) in [5.74, 6) is 0. The third-order valence-corrected chi connectivity index (χ3v) is 2.49. The predicted molar refractivity (Wildman–Crippen MR) is 57.4 cm³/mol. The molecule has 2 atom stereocenters. The van der Waals surface area contributed by atoms with Crippen LogP contribution in [0.2, 0.25) is 0 Å². The van der Waals surface area contributed by atoms with Crippen LogP contribution in [-0.4, -0.2) is 25.2 Å². The average molecular weight is 219 g/mol. The molecular weight excluding hydrogens is 206 g/mol. The van der Waals surface area contributed by atoms with Crippen LogP contribution in [0.5, 0.6) is 0 Å². The largest absolute Gasteiger partial charge is 0.385 e. The van der Waals surface area contributed by atoms with E-state index in [-0.39, 0.29) is 0 Å². The number of hydrogen-bond acceptors (Lipinski definition) is 4. The van der Waals surface area contributed by atoms with Crippen molar-refractivity contribution < 1.29 is 10.2 Å². The third-order valence-electron chi connectivity index (χ3n) is 2.49. The van der Waals surface area contributed by atoms with Gasteiger partial charge in [0.2, 0.25) is 0 Å².